The summed E-state index contributed by atoms with van der Waals surface area (Å²) in [5.41, 5.74) is 5.92. The Balaban J connectivity index is 0.00000162. The number of amides is 1. The first-order chi connectivity index (χ1) is 8.10. The number of hydrogen-bond donors (Lipinski definition) is 2. The molecular formula is C12H15BrClFN2O. The number of benzene rings is 1. The van der Waals surface area contributed by atoms with E-state index in [-0.39, 0.29) is 24.4 Å². The number of hydrogen-bond acceptors (Lipinski definition) is 2. The van der Waals surface area contributed by atoms with E-state index >= 15 is 0 Å². The van der Waals surface area contributed by atoms with Gasteiger partial charge in [-0.05, 0) is 37.0 Å². The summed E-state index contributed by atoms with van der Waals surface area (Å²) in [6, 6.07) is 4.14. The molecule has 3 nitrogen and oxygen atoms in total. The van der Waals surface area contributed by atoms with Crippen molar-refractivity contribution in [2.45, 2.75) is 18.9 Å². The fraction of sp³-hybridized carbons (Fsp3) is 0.417. The molecule has 0 aromatic heterocycles. The van der Waals surface area contributed by atoms with Crippen LogP contribution in [0.3, 0.4) is 0 Å². The van der Waals surface area contributed by atoms with Gasteiger partial charge >= 0.3 is 0 Å². The highest BCUT2D eigenvalue weighted by atomic mass is 79.9. The maximum Gasteiger partial charge on any atom is 0.251 e. The van der Waals surface area contributed by atoms with E-state index in [1.807, 2.05) is 0 Å². The molecule has 0 bridgehead atoms. The Morgan fingerprint density at radius 2 is 2.17 bits per heavy atom. The average Bonchev–Trinajstić information content (AvgIpc) is 3.08. The highest BCUT2D eigenvalue weighted by Crippen LogP contribution is 2.32. The molecule has 1 aliphatic carbocycles. The van der Waals surface area contributed by atoms with Gasteiger partial charge in [-0.25, -0.2) is 4.39 Å². The minimum atomic E-state index is -0.430. The molecule has 1 aliphatic rings. The second-order valence-corrected chi connectivity index (χ2v) is 5.23. The molecular weight excluding hydrogens is 323 g/mol. The van der Waals surface area contributed by atoms with Crippen LogP contribution in [-0.2, 0) is 0 Å². The lowest BCUT2D eigenvalue weighted by Crippen LogP contribution is -2.41. The Bertz CT molecular complexity index is 420. The van der Waals surface area contributed by atoms with Gasteiger partial charge in [0.2, 0.25) is 0 Å². The monoisotopic (exact) mass is 336 g/mol. The Morgan fingerprint density at radius 1 is 1.50 bits per heavy atom. The second-order valence-electron chi connectivity index (χ2n) is 4.31. The van der Waals surface area contributed by atoms with Crippen LogP contribution in [0.15, 0.2) is 22.7 Å². The zero-order chi connectivity index (χ0) is 12.4. The first-order valence-corrected chi connectivity index (χ1v) is 6.36. The van der Waals surface area contributed by atoms with Crippen molar-refractivity contribution >= 4 is 34.2 Å². The number of halogens is 3. The van der Waals surface area contributed by atoms with Gasteiger partial charge in [0.25, 0.3) is 5.91 Å². The lowest BCUT2D eigenvalue weighted by atomic mass is 10.1. The van der Waals surface area contributed by atoms with Crippen LogP contribution in [0.4, 0.5) is 4.39 Å². The van der Waals surface area contributed by atoms with Gasteiger partial charge in [0, 0.05) is 22.6 Å². The molecule has 100 valence electrons. The quantitative estimate of drug-likeness (QED) is 0.887. The van der Waals surface area contributed by atoms with Gasteiger partial charge in [-0.2, -0.15) is 0 Å². The maximum atomic E-state index is 13.1. The van der Waals surface area contributed by atoms with Gasteiger partial charge in [-0.3, -0.25) is 4.79 Å². The van der Waals surface area contributed by atoms with Crippen LogP contribution in [0.1, 0.15) is 23.2 Å². The van der Waals surface area contributed by atoms with E-state index in [0.717, 1.165) is 12.8 Å². The lowest BCUT2D eigenvalue weighted by Gasteiger charge is -2.16. The summed E-state index contributed by atoms with van der Waals surface area (Å²) in [5, 5.41) is 2.85. The standard InChI is InChI=1S/C12H14BrFN2O.ClH/c13-9-3-8(4-10(14)5-9)12(17)16-11(6-15)7-1-2-7;/h3-5,7,11H,1-2,6,15H2,(H,16,17);1H. The fourth-order valence-corrected chi connectivity index (χ4v) is 2.27. The van der Waals surface area contributed by atoms with Crippen molar-refractivity contribution < 1.29 is 9.18 Å². The third-order valence-corrected chi connectivity index (χ3v) is 3.34. The molecule has 1 fully saturated rings. The van der Waals surface area contributed by atoms with Crippen LogP contribution in [-0.4, -0.2) is 18.5 Å². The maximum absolute atomic E-state index is 13.1. The zero-order valence-electron chi connectivity index (χ0n) is 9.66. The molecule has 0 aliphatic heterocycles. The van der Waals surface area contributed by atoms with Gasteiger partial charge in [-0.1, -0.05) is 15.9 Å². The molecule has 1 aromatic rings. The predicted octanol–water partition coefficient (Wildman–Crippen LogP) is 2.48. The molecule has 0 saturated heterocycles. The minimum absolute atomic E-state index is 0. The zero-order valence-corrected chi connectivity index (χ0v) is 12.1. The van der Waals surface area contributed by atoms with Crippen molar-refractivity contribution in [3.8, 4) is 0 Å². The van der Waals surface area contributed by atoms with E-state index in [4.69, 9.17) is 5.73 Å². The number of nitrogens with one attached hydrogen (secondary N) is 1. The average molecular weight is 338 g/mol. The molecule has 6 heteroatoms. The summed E-state index contributed by atoms with van der Waals surface area (Å²) in [5.74, 6) is -0.214. The summed E-state index contributed by atoms with van der Waals surface area (Å²) >= 11 is 3.16. The summed E-state index contributed by atoms with van der Waals surface area (Å²) < 4.78 is 13.7. The molecule has 1 aromatic carbocycles. The van der Waals surface area contributed by atoms with E-state index in [2.05, 4.69) is 21.2 Å². The SMILES string of the molecule is Cl.NCC(NC(=O)c1cc(F)cc(Br)c1)C1CC1. The van der Waals surface area contributed by atoms with Crippen LogP contribution in [0, 0.1) is 11.7 Å². The Labute approximate surface area is 120 Å². The largest absolute Gasteiger partial charge is 0.348 e. The van der Waals surface area contributed by atoms with Crippen LogP contribution in [0.5, 0.6) is 0 Å². The lowest BCUT2D eigenvalue weighted by molar-refractivity contribution is 0.0933. The Kier molecular flexibility index (Phi) is 5.56. The topological polar surface area (TPSA) is 55.1 Å². The normalized spacial score (nSPS) is 15.7. The van der Waals surface area contributed by atoms with Crippen LogP contribution in [0.25, 0.3) is 0 Å². The van der Waals surface area contributed by atoms with Crippen molar-refractivity contribution in [3.63, 3.8) is 0 Å². The number of nitrogens with two attached hydrogens (primary N) is 1. The van der Waals surface area contributed by atoms with Gasteiger partial charge in [0.15, 0.2) is 0 Å². The molecule has 1 unspecified atom stereocenters. The van der Waals surface area contributed by atoms with E-state index < -0.39 is 5.82 Å². The van der Waals surface area contributed by atoms with E-state index in [1.165, 1.54) is 12.1 Å². The molecule has 2 rings (SSSR count). The Hall–Kier alpha value is -0.650. The molecule has 1 saturated carbocycles. The van der Waals surface area contributed by atoms with Crippen LogP contribution < -0.4 is 11.1 Å². The van der Waals surface area contributed by atoms with E-state index in [1.54, 1.807) is 6.07 Å². The fourth-order valence-electron chi connectivity index (χ4n) is 1.80. The van der Waals surface area contributed by atoms with Crippen LogP contribution >= 0.6 is 28.3 Å². The van der Waals surface area contributed by atoms with E-state index in [9.17, 15) is 9.18 Å². The third kappa shape index (κ3) is 3.93. The van der Waals surface area contributed by atoms with Crippen molar-refractivity contribution in [2.75, 3.05) is 6.54 Å². The van der Waals surface area contributed by atoms with Gasteiger partial charge in [0.1, 0.15) is 5.82 Å². The summed E-state index contributed by atoms with van der Waals surface area (Å²) in [6.07, 6.45) is 2.21. The van der Waals surface area contributed by atoms with Crippen molar-refractivity contribution in [2.24, 2.45) is 11.7 Å². The molecule has 3 N–H and O–H groups in total. The highest BCUT2D eigenvalue weighted by molar-refractivity contribution is 9.10. The third-order valence-electron chi connectivity index (χ3n) is 2.89. The van der Waals surface area contributed by atoms with Crippen molar-refractivity contribution in [3.05, 3.63) is 34.1 Å². The molecule has 1 amide bonds. The van der Waals surface area contributed by atoms with E-state index in [0.29, 0.717) is 22.5 Å². The van der Waals surface area contributed by atoms with Gasteiger partial charge < -0.3 is 11.1 Å². The molecule has 1 atom stereocenters. The smallest absolute Gasteiger partial charge is 0.251 e. The van der Waals surface area contributed by atoms with Crippen molar-refractivity contribution in [1.82, 2.24) is 5.32 Å². The highest BCUT2D eigenvalue weighted by Gasteiger charge is 2.31. The predicted molar refractivity (Wildman–Crippen MR) is 74.4 cm³/mol. The molecule has 0 spiro atoms. The first kappa shape index (κ1) is 15.4. The second kappa shape index (κ2) is 6.50. The number of carbonyl (C=O) groups is 1. The summed E-state index contributed by atoms with van der Waals surface area (Å²) in [6.45, 7) is 0.424. The molecule has 0 heterocycles. The Morgan fingerprint density at radius 3 is 2.67 bits per heavy atom. The summed E-state index contributed by atoms with van der Waals surface area (Å²) in [7, 11) is 0. The minimum Gasteiger partial charge on any atom is -0.348 e. The first-order valence-electron chi connectivity index (χ1n) is 5.57. The molecule has 0 radical (unpaired) electrons. The van der Waals surface area contributed by atoms with Gasteiger partial charge in [0.05, 0.1) is 0 Å². The molecule has 18 heavy (non-hydrogen) atoms. The van der Waals surface area contributed by atoms with Gasteiger partial charge in [-0.15, -0.1) is 12.4 Å². The van der Waals surface area contributed by atoms with Crippen molar-refractivity contribution in [1.29, 1.82) is 0 Å². The summed E-state index contributed by atoms with van der Waals surface area (Å²) in [4.78, 5) is 11.9. The van der Waals surface area contributed by atoms with Crippen LogP contribution in [0.2, 0.25) is 0 Å². The number of carbonyl (C=O) groups excluding carboxylic acids is 1. The number of rotatable bonds is 4.